The van der Waals surface area contributed by atoms with Crippen LogP contribution < -0.4 is 10.9 Å². The number of nitrogens with zero attached hydrogens (tertiary/aromatic N) is 3. The lowest BCUT2D eigenvalue weighted by Gasteiger charge is -2.10. The Labute approximate surface area is 167 Å². The van der Waals surface area contributed by atoms with Crippen LogP contribution in [-0.2, 0) is 13.0 Å². The van der Waals surface area contributed by atoms with Crippen LogP contribution in [0.1, 0.15) is 17.0 Å². The highest BCUT2D eigenvalue weighted by Gasteiger charge is 2.17. The van der Waals surface area contributed by atoms with Crippen molar-refractivity contribution >= 4 is 23.4 Å². The second-order valence-electron chi connectivity index (χ2n) is 6.79. The molecule has 0 aliphatic carbocycles. The Kier molecular flexibility index (Phi) is 4.75. The van der Waals surface area contributed by atoms with Crippen LogP contribution in [-0.4, -0.2) is 21.3 Å². The molecule has 142 valence electrons. The van der Waals surface area contributed by atoms with Crippen LogP contribution in [0.2, 0.25) is 0 Å². The van der Waals surface area contributed by atoms with Gasteiger partial charge in [-0.05, 0) is 37.3 Å². The zero-order chi connectivity index (χ0) is 18.4. The molecule has 4 aromatic rings. The summed E-state index contributed by atoms with van der Waals surface area (Å²) in [6.45, 7) is 3.64. The number of nitrogens with one attached hydrogen (secondary N) is 1. The fourth-order valence-electron chi connectivity index (χ4n) is 3.55. The van der Waals surface area contributed by atoms with E-state index in [0.717, 1.165) is 53.2 Å². The third-order valence-electron chi connectivity index (χ3n) is 4.98. The van der Waals surface area contributed by atoms with E-state index in [1.807, 2.05) is 43.3 Å². The molecule has 4 heterocycles. The van der Waals surface area contributed by atoms with Gasteiger partial charge < -0.3 is 9.73 Å². The highest BCUT2D eigenvalue weighted by Crippen LogP contribution is 2.29. The molecule has 0 saturated carbocycles. The van der Waals surface area contributed by atoms with E-state index < -0.39 is 0 Å². The number of aromatic nitrogens is 3. The van der Waals surface area contributed by atoms with Gasteiger partial charge in [-0.25, -0.2) is 0 Å². The molecule has 1 N–H and O–H groups in total. The average molecular weight is 395 g/mol. The average Bonchev–Trinajstić information content (AvgIpc) is 3.06. The van der Waals surface area contributed by atoms with E-state index in [-0.39, 0.29) is 18.0 Å². The number of furan rings is 1. The summed E-state index contributed by atoms with van der Waals surface area (Å²) in [6.07, 6.45) is 2.66. The molecule has 7 heteroatoms. The molecule has 0 saturated heterocycles. The summed E-state index contributed by atoms with van der Waals surface area (Å²) in [6, 6.07) is 13.1. The van der Waals surface area contributed by atoms with Crippen LogP contribution in [0.4, 0.5) is 0 Å². The molecule has 0 amide bonds. The van der Waals surface area contributed by atoms with Crippen LogP contribution in [0.15, 0.2) is 57.9 Å². The number of pyridine rings is 1. The van der Waals surface area contributed by atoms with Crippen molar-refractivity contribution in [2.75, 3.05) is 6.54 Å². The highest BCUT2D eigenvalue weighted by atomic mass is 35.5. The van der Waals surface area contributed by atoms with Crippen molar-refractivity contribution in [1.82, 2.24) is 20.1 Å². The minimum Gasteiger partial charge on any atom is -0.461 e. The van der Waals surface area contributed by atoms with Gasteiger partial charge in [0.1, 0.15) is 11.3 Å². The van der Waals surface area contributed by atoms with E-state index in [1.165, 1.54) is 5.56 Å². The molecule has 0 spiro atoms. The number of fused-ring (bicyclic) bond motifs is 3. The molecular formula is C21H19ClN4O2. The predicted octanol–water partition coefficient (Wildman–Crippen LogP) is 3.42. The van der Waals surface area contributed by atoms with Gasteiger partial charge in [-0.3, -0.25) is 9.36 Å². The van der Waals surface area contributed by atoms with Crippen molar-refractivity contribution in [3.05, 3.63) is 76.0 Å². The summed E-state index contributed by atoms with van der Waals surface area (Å²) in [7, 11) is 0. The first-order valence-corrected chi connectivity index (χ1v) is 8.98. The molecule has 1 aliphatic rings. The third-order valence-corrected chi connectivity index (χ3v) is 4.98. The molecule has 28 heavy (non-hydrogen) atoms. The molecule has 1 aliphatic heterocycles. The lowest BCUT2D eigenvalue weighted by Crippen LogP contribution is -2.22. The maximum Gasteiger partial charge on any atom is 0.255 e. The Morgan fingerprint density at radius 2 is 2.00 bits per heavy atom. The summed E-state index contributed by atoms with van der Waals surface area (Å²) in [5, 5.41) is 12.7. The molecule has 0 atom stereocenters. The second kappa shape index (κ2) is 7.22. The Morgan fingerprint density at radius 3 is 2.79 bits per heavy atom. The standard InChI is InChI=1S/C21H18N4O2.ClH/c1-13-2-5-18(24-23-13)14-7-9-25(21(26)10-14)15-3-4-16-17-12-22-8-6-19(17)27-20(16)11-15;/h2-5,7,9-11,22H,6,8,12H2,1H3;1H. The summed E-state index contributed by atoms with van der Waals surface area (Å²) in [5.74, 6) is 1.04. The Bertz CT molecular complexity index is 1210. The topological polar surface area (TPSA) is 73.0 Å². The van der Waals surface area contributed by atoms with Gasteiger partial charge in [-0.1, -0.05) is 0 Å². The van der Waals surface area contributed by atoms with Gasteiger partial charge in [0.15, 0.2) is 0 Å². The largest absolute Gasteiger partial charge is 0.461 e. The summed E-state index contributed by atoms with van der Waals surface area (Å²) >= 11 is 0. The quantitative estimate of drug-likeness (QED) is 0.564. The number of benzene rings is 1. The van der Waals surface area contributed by atoms with Crippen LogP contribution in [0, 0.1) is 6.92 Å². The van der Waals surface area contributed by atoms with Crippen molar-refractivity contribution in [3.63, 3.8) is 0 Å². The van der Waals surface area contributed by atoms with Gasteiger partial charge in [0, 0.05) is 54.4 Å². The minimum absolute atomic E-state index is 0. The van der Waals surface area contributed by atoms with Gasteiger partial charge in [0.2, 0.25) is 0 Å². The maximum absolute atomic E-state index is 12.7. The molecule has 0 bridgehead atoms. The lowest BCUT2D eigenvalue weighted by atomic mass is 10.1. The van der Waals surface area contributed by atoms with Gasteiger partial charge in [0.25, 0.3) is 5.56 Å². The monoisotopic (exact) mass is 394 g/mol. The van der Waals surface area contributed by atoms with E-state index >= 15 is 0 Å². The fraction of sp³-hybridized carbons (Fsp3) is 0.190. The third kappa shape index (κ3) is 3.10. The molecule has 5 rings (SSSR count). The van der Waals surface area contributed by atoms with Gasteiger partial charge in [-0.2, -0.15) is 10.2 Å². The second-order valence-corrected chi connectivity index (χ2v) is 6.79. The Balaban J connectivity index is 0.00000192. The molecule has 0 radical (unpaired) electrons. The van der Waals surface area contributed by atoms with Crippen LogP contribution in [0.25, 0.3) is 27.9 Å². The summed E-state index contributed by atoms with van der Waals surface area (Å²) in [4.78, 5) is 12.7. The number of halogens is 1. The molecule has 0 fully saturated rings. The first-order chi connectivity index (χ1) is 13.2. The van der Waals surface area contributed by atoms with Gasteiger partial charge in [0.05, 0.1) is 17.1 Å². The van der Waals surface area contributed by atoms with Crippen molar-refractivity contribution in [2.45, 2.75) is 19.9 Å². The number of rotatable bonds is 2. The smallest absolute Gasteiger partial charge is 0.255 e. The van der Waals surface area contributed by atoms with Crippen molar-refractivity contribution in [3.8, 4) is 16.9 Å². The van der Waals surface area contributed by atoms with E-state index in [9.17, 15) is 4.79 Å². The van der Waals surface area contributed by atoms with E-state index in [0.29, 0.717) is 5.69 Å². The lowest BCUT2D eigenvalue weighted by molar-refractivity contribution is 0.500. The first kappa shape index (κ1) is 18.4. The van der Waals surface area contributed by atoms with Crippen LogP contribution >= 0.6 is 12.4 Å². The van der Waals surface area contributed by atoms with Crippen molar-refractivity contribution < 1.29 is 4.42 Å². The van der Waals surface area contributed by atoms with Crippen LogP contribution in [0.3, 0.4) is 0 Å². The number of hydrogen-bond acceptors (Lipinski definition) is 5. The fourth-order valence-corrected chi connectivity index (χ4v) is 3.55. The molecule has 3 aromatic heterocycles. The van der Waals surface area contributed by atoms with Crippen molar-refractivity contribution in [2.24, 2.45) is 0 Å². The molecular weight excluding hydrogens is 376 g/mol. The Morgan fingerprint density at radius 1 is 1.11 bits per heavy atom. The van der Waals surface area contributed by atoms with E-state index in [4.69, 9.17) is 4.42 Å². The molecule has 6 nitrogen and oxygen atoms in total. The Hall–Kier alpha value is -2.96. The summed E-state index contributed by atoms with van der Waals surface area (Å²) in [5.41, 5.74) is 5.00. The minimum atomic E-state index is -0.118. The van der Waals surface area contributed by atoms with Gasteiger partial charge >= 0.3 is 0 Å². The normalized spacial score (nSPS) is 13.2. The molecule has 1 aromatic carbocycles. The van der Waals surface area contributed by atoms with Gasteiger partial charge in [-0.15, -0.1) is 12.4 Å². The number of hydrogen-bond donors (Lipinski definition) is 1. The first-order valence-electron chi connectivity index (χ1n) is 8.98. The van der Waals surface area contributed by atoms with E-state index in [2.05, 4.69) is 15.5 Å². The SMILES string of the molecule is Cc1ccc(-c2ccn(-c3ccc4c5c(oc4c3)CCNC5)c(=O)c2)nn1.Cl. The number of aryl methyl sites for hydroxylation is 1. The maximum atomic E-state index is 12.7. The van der Waals surface area contributed by atoms with Crippen LogP contribution in [0.5, 0.6) is 0 Å². The predicted molar refractivity (Wildman–Crippen MR) is 110 cm³/mol. The van der Waals surface area contributed by atoms with Crippen molar-refractivity contribution in [1.29, 1.82) is 0 Å². The molecule has 0 unspecified atom stereocenters. The van der Waals surface area contributed by atoms with E-state index in [1.54, 1.807) is 16.8 Å². The zero-order valence-electron chi connectivity index (χ0n) is 15.3. The zero-order valence-corrected chi connectivity index (χ0v) is 16.1. The highest BCUT2D eigenvalue weighted by molar-refractivity contribution is 5.85. The summed E-state index contributed by atoms with van der Waals surface area (Å²) < 4.78 is 7.64.